The molecule has 0 spiro atoms. The number of benzene rings is 2. The Bertz CT molecular complexity index is 669. The summed E-state index contributed by atoms with van der Waals surface area (Å²) in [5.74, 6) is 0.0196. The van der Waals surface area contributed by atoms with Crippen LogP contribution < -0.4 is 10.9 Å². The Morgan fingerprint density at radius 2 is 1.72 bits per heavy atom. The summed E-state index contributed by atoms with van der Waals surface area (Å²) in [5.41, 5.74) is 7.70. The van der Waals surface area contributed by atoms with Crippen LogP contribution in [0.3, 0.4) is 0 Å². The first-order chi connectivity index (χ1) is 12.1. The van der Waals surface area contributed by atoms with Crippen molar-refractivity contribution in [3.63, 3.8) is 0 Å². The lowest BCUT2D eigenvalue weighted by Gasteiger charge is -2.39. The van der Waals surface area contributed by atoms with Gasteiger partial charge in [-0.15, -0.1) is 6.58 Å². The Morgan fingerprint density at radius 1 is 1.12 bits per heavy atom. The average Bonchev–Trinajstić information content (AvgIpc) is 2.69. The lowest BCUT2D eigenvalue weighted by atomic mass is 9.76. The van der Waals surface area contributed by atoms with E-state index < -0.39 is 0 Å². The van der Waals surface area contributed by atoms with Crippen molar-refractivity contribution < 1.29 is 4.79 Å². The van der Waals surface area contributed by atoms with Gasteiger partial charge >= 0.3 is 0 Å². The third-order valence-electron chi connectivity index (χ3n) is 4.78. The fourth-order valence-corrected chi connectivity index (χ4v) is 3.11. The van der Waals surface area contributed by atoms with Crippen molar-refractivity contribution in [1.82, 2.24) is 10.9 Å². The van der Waals surface area contributed by atoms with E-state index in [0.717, 1.165) is 24.8 Å². The molecule has 0 aliphatic rings. The highest BCUT2D eigenvalue weighted by atomic mass is 16.2. The molecule has 25 heavy (non-hydrogen) atoms. The smallest absolute Gasteiger partial charge is 0.265 e. The lowest BCUT2D eigenvalue weighted by molar-refractivity contribution is 0.0878. The highest BCUT2D eigenvalue weighted by Crippen LogP contribution is 2.35. The van der Waals surface area contributed by atoms with E-state index in [-0.39, 0.29) is 17.4 Å². The van der Waals surface area contributed by atoms with Crippen LogP contribution in [0, 0.1) is 5.92 Å². The molecule has 2 aromatic rings. The summed E-state index contributed by atoms with van der Waals surface area (Å²) in [6, 6.07) is 19.5. The normalized spacial score (nSPS) is 14.3. The van der Waals surface area contributed by atoms with Gasteiger partial charge in [0.1, 0.15) is 0 Å². The van der Waals surface area contributed by atoms with E-state index in [4.69, 9.17) is 0 Å². The molecule has 0 aliphatic heterocycles. The highest BCUT2D eigenvalue weighted by Gasteiger charge is 2.36. The Kier molecular flexibility index (Phi) is 6.96. The van der Waals surface area contributed by atoms with Crippen molar-refractivity contribution >= 4 is 5.91 Å². The Hall–Kier alpha value is -2.39. The molecule has 0 heterocycles. The molecule has 0 aliphatic carbocycles. The molecule has 0 aromatic heterocycles. The molecule has 0 saturated carbocycles. The van der Waals surface area contributed by atoms with Gasteiger partial charge in [-0.2, -0.15) is 0 Å². The van der Waals surface area contributed by atoms with Crippen molar-refractivity contribution in [2.24, 2.45) is 5.92 Å². The fraction of sp³-hybridized carbons (Fsp3) is 0.318. The van der Waals surface area contributed by atoms with Gasteiger partial charge in [0, 0.05) is 5.56 Å². The molecule has 0 bridgehead atoms. The van der Waals surface area contributed by atoms with Gasteiger partial charge in [0.05, 0.1) is 5.54 Å². The van der Waals surface area contributed by atoms with Gasteiger partial charge < -0.3 is 0 Å². The van der Waals surface area contributed by atoms with E-state index in [1.54, 1.807) is 0 Å². The molecular weight excluding hydrogens is 308 g/mol. The minimum absolute atomic E-state index is 0.131. The van der Waals surface area contributed by atoms with Gasteiger partial charge in [0.2, 0.25) is 0 Å². The van der Waals surface area contributed by atoms with Crippen LogP contribution in [0.1, 0.15) is 49.0 Å². The van der Waals surface area contributed by atoms with E-state index >= 15 is 0 Å². The minimum Gasteiger partial charge on any atom is -0.287 e. The summed E-state index contributed by atoms with van der Waals surface area (Å²) >= 11 is 0. The van der Waals surface area contributed by atoms with Crippen LogP contribution in [0.2, 0.25) is 0 Å². The molecule has 0 saturated heterocycles. The highest BCUT2D eigenvalue weighted by molar-refractivity contribution is 5.93. The monoisotopic (exact) mass is 336 g/mol. The molecular formula is C22H28N2O. The maximum atomic E-state index is 12.5. The molecule has 132 valence electrons. The van der Waals surface area contributed by atoms with Gasteiger partial charge in [0.25, 0.3) is 5.91 Å². The van der Waals surface area contributed by atoms with Crippen LogP contribution >= 0.6 is 0 Å². The zero-order valence-electron chi connectivity index (χ0n) is 15.2. The zero-order chi connectivity index (χ0) is 18.1. The maximum Gasteiger partial charge on any atom is 0.265 e. The fourth-order valence-electron chi connectivity index (χ4n) is 3.11. The average molecular weight is 336 g/mol. The van der Waals surface area contributed by atoms with Crippen LogP contribution in [0.25, 0.3) is 0 Å². The van der Waals surface area contributed by atoms with Crippen LogP contribution in [0.15, 0.2) is 73.3 Å². The second-order valence-electron chi connectivity index (χ2n) is 6.41. The molecule has 0 radical (unpaired) electrons. The number of nitrogens with one attached hydrogen (secondary N) is 2. The standard InChI is InChI=1S/C22H28N2O/c1-4-6-17-22(18(3)5-2,20-15-11-8-12-16-20)24-23-21(25)19-13-9-7-10-14-19/h5,7-16,18,24H,2,4,6,17H2,1,3H3,(H,23,25)/t18-,22+/m1/s1. The number of unbranched alkanes of at least 4 members (excludes halogenated alkanes) is 1. The second-order valence-corrected chi connectivity index (χ2v) is 6.41. The number of amides is 1. The van der Waals surface area contributed by atoms with E-state index in [2.05, 4.69) is 43.4 Å². The van der Waals surface area contributed by atoms with Crippen LogP contribution in [0.4, 0.5) is 0 Å². The van der Waals surface area contributed by atoms with Gasteiger partial charge in [0.15, 0.2) is 0 Å². The molecule has 0 unspecified atom stereocenters. The first-order valence-corrected chi connectivity index (χ1v) is 8.94. The third kappa shape index (κ3) is 4.58. The summed E-state index contributed by atoms with van der Waals surface area (Å²) in [4.78, 5) is 12.5. The number of hydrogen-bond donors (Lipinski definition) is 2. The first-order valence-electron chi connectivity index (χ1n) is 8.94. The largest absolute Gasteiger partial charge is 0.287 e. The molecule has 2 aromatic carbocycles. The van der Waals surface area contributed by atoms with Crippen molar-refractivity contribution in [3.05, 3.63) is 84.4 Å². The van der Waals surface area contributed by atoms with Crippen LogP contribution in [-0.2, 0) is 5.54 Å². The summed E-state index contributed by atoms with van der Waals surface area (Å²) in [7, 11) is 0. The molecule has 3 heteroatoms. The van der Waals surface area contributed by atoms with Crippen molar-refractivity contribution in [2.45, 2.75) is 38.6 Å². The number of carbonyl (C=O) groups is 1. The van der Waals surface area contributed by atoms with Crippen LogP contribution in [-0.4, -0.2) is 5.91 Å². The molecule has 1 amide bonds. The Labute approximate surface area is 151 Å². The quantitative estimate of drug-likeness (QED) is 0.509. The van der Waals surface area contributed by atoms with Gasteiger partial charge in [-0.1, -0.05) is 81.3 Å². The lowest BCUT2D eigenvalue weighted by Crippen LogP contribution is -2.55. The number of hydrogen-bond acceptors (Lipinski definition) is 2. The predicted molar refractivity (Wildman–Crippen MR) is 104 cm³/mol. The second kappa shape index (κ2) is 9.19. The Morgan fingerprint density at radius 3 is 2.28 bits per heavy atom. The zero-order valence-corrected chi connectivity index (χ0v) is 15.2. The van der Waals surface area contributed by atoms with E-state index in [0.29, 0.717) is 5.56 Å². The first kappa shape index (κ1) is 18.9. The van der Waals surface area contributed by atoms with Gasteiger partial charge in [-0.3, -0.25) is 10.2 Å². The summed E-state index contributed by atoms with van der Waals surface area (Å²) in [6.07, 6.45) is 5.01. The SMILES string of the molecule is C=C[C@@H](C)[C@](CCCC)(NNC(=O)c1ccccc1)c1ccccc1. The topological polar surface area (TPSA) is 41.1 Å². The molecule has 2 atom stereocenters. The summed E-state index contributed by atoms with van der Waals surface area (Å²) in [6.45, 7) is 8.31. The maximum absolute atomic E-state index is 12.5. The van der Waals surface area contributed by atoms with Crippen LogP contribution in [0.5, 0.6) is 0 Å². The van der Waals surface area contributed by atoms with E-state index in [1.165, 1.54) is 0 Å². The Balaban J connectivity index is 2.29. The van der Waals surface area contributed by atoms with Gasteiger partial charge in [-0.25, -0.2) is 5.43 Å². The van der Waals surface area contributed by atoms with Crippen molar-refractivity contribution in [2.75, 3.05) is 0 Å². The number of rotatable bonds is 9. The van der Waals surface area contributed by atoms with E-state index in [9.17, 15) is 4.79 Å². The predicted octanol–water partition coefficient (Wildman–Crippen LogP) is 4.83. The molecule has 0 fully saturated rings. The summed E-state index contributed by atoms with van der Waals surface area (Å²) in [5, 5.41) is 0. The third-order valence-corrected chi connectivity index (χ3v) is 4.78. The van der Waals surface area contributed by atoms with E-state index in [1.807, 2.05) is 54.6 Å². The number of carbonyl (C=O) groups excluding carboxylic acids is 1. The number of hydrazine groups is 1. The molecule has 2 rings (SSSR count). The summed E-state index contributed by atoms with van der Waals surface area (Å²) < 4.78 is 0. The molecule has 2 N–H and O–H groups in total. The van der Waals surface area contributed by atoms with Gasteiger partial charge in [-0.05, 0) is 30.0 Å². The van der Waals surface area contributed by atoms with Crippen molar-refractivity contribution in [3.8, 4) is 0 Å². The van der Waals surface area contributed by atoms with Crippen molar-refractivity contribution in [1.29, 1.82) is 0 Å². The minimum atomic E-state index is -0.385. The molecule has 3 nitrogen and oxygen atoms in total.